The van der Waals surface area contributed by atoms with Crippen molar-refractivity contribution >= 4 is 17.1 Å². The van der Waals surface area contributed by atoms with Crippen LogP contribution in [0.4, 0.5) is 9.05 Å². The molecule has 0 unspecified atom stereocenters. The first-order valence-corrected chi connectivity index (χ1v) is 0.475. The second kappa shape index (κ2) is 8.85. The van der Waals surface area contributed by atoms with Crippen molar-refractivity contribution in [3.63, 3.8) is 0 Å². The minimum atomic E-state index is 0. The third-order valence-corrected chi connectivity index (χ3v) is 0.0238. The maximum atomic E-state index is 9.62. The molecule has 5 heteroatoms. The van der Waals surface area contributed by atoms with E-state index in [2.05, 4.69) is 0 Å². The summed E-state index contributed by atoms with van der Waals surface area (Å²) in [6.07, 6.45) is 0. The number of rotatable bonds is 1. The molecule has 2 radical (unpaired) electrons. The molecule has 0 atom stereocenters. The maximum Gasteiger partial charge on any atom is 0.0122 e. The van der Waals surface area contributed by atoms with Crippen LogP contribution in [0.15, 0.2) is 0 Å². The molecule has 0 saturated heterocycles. The van der Waals surface area contributed by atoms with Crippen LogP contribution in [0.3, 0.4) is 0 Å². The summed E-state index contributed by atoms with van der Waals surface area (Å²) in [4.78, 5) is 0. The summed E-state index contributed by atoms with van der Waals surface area (Å²) in [5, 5.41) is 3.75. The summed E-state index contributed by atoms with van der Waals surface area (Å²) >= 11 is 0. The SMILES string of the molecule is FOOF.[Se]. The van der Waals surface area contributed by atoms with Gasteiger partial charge in [-0.1, -0.05) is 0 Å². The monoisotopic (exact) mass is 150 g/mol. The Balaban J connectivity index is 0. The number of hydrogen-bond acceptors (Lipinski definition) is 2. The molecule has 0 aromatic heterocycles. The van der Waals surface area contributed by atoms with Crippen molar-refractivity contribution in [3.05, 3.63) is 0 Å². The summed E-state index contributed by atoms with van der Waals surface area (Å²) in [6, 6.07) is 0. The molecule has 0 bridgehead atoms. The summed E-state index contributed by atoms with van der Waals surface area (Å²) in [6.45, 7) is 0. The first-order chi connectivity index (χ1) is 1.91. The van der Waals surface area contributed by atoms with E-state index in [9.17, 15) is 9.05 Å². The van der Waals surface area contributed by atoms with Crippen molar-refractivity contribution in [2.24, 2.45) is 0 Å². The molecule has 0 rings (SSSR count). The molecular formula is F2O2Se. The summed E-state index contributed by atoms with van der Waals surface area (Å²) in [7, 11) is 0. The Hall–Kier alpha value is 0.299. The Bertz CT molecular complexity index is 9.61. The normalized spacial score (nSPS) is 6.00. The van der Waals surface area contributed by atoms with Gasteiger partial charge >= 0.3 is 0 Å². The minimum Gasteiger partial charge on any atom is -0.0122 e. The summed E-state index contributed by atoms with van der Waals surface area (Å²) < 4.78 is 19.2. The molecule has 0 fully saturated rings. The van der Waals surface area contributed by atoms with Crippen LogP contribution < -0.4 is 0 Å². The average Bonchev–Trinajstić information content (AvgIpc) is 1.37. The first-order valence-electron chi connectivity index (χ1n) is 0.475. The smallest absolute Gasteiger partial charge is 0.0122 e. The molecule has 0 N–H and O–H groups in total. The Morgan fingerprint density at radius 1 is 1.00 bits per heavy atom. The van der Waals surface area contributed by atoms with E-state index in [1.165, 1.54) is 0 Å². The second-order valence-electron chi connectivity index (χ2n) is 0.126. The fraction of sp³-hybridized carbons (Fsp3) is 0. The van der Waals surface area contributed by atoms with E-state index < -0.39 is 0 Å². The molecule has 5 heavy (non-hydrogen) atoms. The Morgan fingerprint density at radius 3 is 1.20 bits per heavy atom. The van der Waals surface area contributed by atoms with Crippen LogP contribution in [0, 0.1) is 0 Å². The van der Waals surface area contributed by atoms with Crippen LogP contribution in [0.5, 0.6) is 0 Å². The van der Waals surface area contributed by atoms with E-state index in [4.69, 9.17) is 0 Å². The molecular weight excluding hydrogens is 149 g/mol. The van der Waals surface area contributed by atoms with Crippen molar-refractivity contribution in [1.82, 2.24) is 0 Å². The van der Waals surface area contributed by atoms with Gasteiger partial charge in [0, 0.05) is 27.3 Å². The topological polar surface area (TPSA) is 18.5 Å². The van der Waals surface area contributed by atoms with Crippen molar-refractivity contribution in [3.8, 4) is 0 Å². The van der Waals surface area contributed by atoms with Gasteiger partial charge < -0.3 is 0 Å². The van der Waals surface area contributed by atoms with Crippen molar-refractivity contribution in [1.29, 1.82) is 0 Å². The van der Waals surface area contributed by atoms with Gasteiger partial charge in [0.05, 0.1) is 0 Å². The Kier molecular flexibility index (Phi) is 15.9. The number of halogens is 2. The molecule has 0 aliphatic rings. The minimum absolute atomic E-state index is 0. The molecule has 0 aliphatic carbocycles. The molecule has 0 aromatic carbocycles. The molecule has 0 amide bonds. The molecule has 0 aromatic rings. The van der Waals surface area contributed by atoms with Gasteiger partial charge in [-0.05, 0) is 9.05 Å². The molecule has 0 saturated carbocycles. The number of hydrogen-bond donors (Lipinski definition) is 0. The van der Waals surface area contributed by atoms with E-state index in [1.54, 1.807) is 0 Å². The molecule has 0 aliphatic heterocycles. The third-order valence-electron chi connectivity index (χ3n) is 0.0238. The van der Waals surface area contributed by atoms with Crippen LogP contribution in [0.2, 0.25) is 0 Å². The van der Waals surface area contributed by atoms with Gasteiger partial charge in [0.25, 0.3) is 0 Å². The van der Waals surface area contributed by atoms with Gasteiger partial charge in [-0.3, -0.25) is 0 Å². The van der Waals surface area contributed by atoms with Gasteiger partial charge in [0.1, 0.15) is 0 Å². The maximum absolute atomic E-state index is 9.62. The average molecular weight is 149 g/mol. The standard InChI is InChI=1S/F2O2.Se/c1-3-4-2;. The van der Waals surface area contributed by atoms with E-state index in [0.29, 0.717) is 0 Å². The zero-order chi connectivity index (χ0) is 3.41. The predicted molar refractivity (Wildman–Crippen MR) is 10.1 cm³/mol. The van der Waals surface area contributed by atoms with Gasteiger partial charge in [0.15, 0.2) is 0 Å². The Labute approximate surface area is 37.3 Å². The second-order valence-corrected chi connectivity index (χ2v) is 0.126. The van der Waals surface area contributed by atoms with E-state index in [0.717, 1.165) is 0 Å². The summed E-state index contributed by atoms with van der Waals surface area (Å²) in [5.41, 5.74) is 0. The molecule has 32 valence electrons. The fourth-order valence-electron chi connectivity index (χ4n) is 0. The zero-order valence-electron chi connectivity index (χ0n) is 1.98. The fourth-order valence-corrected chi connectivity index (χ4v) is 0. The predicted octanol–water partition coefficient (Wildman–Crippen LogP) is 0.323. The molecule has 0 spiro atoms. The van der Waals surface area contributed by atoms with Crippen molar-refractivity contribution in [2.45, 2.75) is 0 Å². The Morgan fingerprint density at radius 2 is 1.20 bits per heavy atom. The van der Waals surface area contributed by atoms with Gasteiger partial charge in [-0.25, -0.2) is 0 Å². The summed E-state index contributed by atoms with van der Waals surface area (Å²) in [5.74, 6) is 0. The zero-order valence-corrected chi connectivity index (χ0v) is 3.69. The van der Waals surface area contributed by atoms with Crippen LogP contribution in [0.1, 0.15) is 0 Å². The van der Waals surface area contributed by atoms with Crippen LogP contribution >= 0.6 is 0 Å². The molecule has 2 nitrogen and oxygen atoms in total. The van der Waals surface area contributed by atoms with Gasteiger partial charge in [-0.2, -0.15) is 0 Å². The molecule has 0 heterocycles. The van der Waals surface area contributed by atoms with Crippen LogP contribution in [-0.2, 0) is 10.2 Å². The largest absolute Gasteiger partial charge is 0.0122 e. The van der Waals surface area contributed by atoms with Crippen LogP contribution in [0.25, 0.3) is 0 Å². The van der Waals surface area contributed by atoms with E-state index >= 15 is 0 Å². The quantitative estimate of drug-likeness (QED) is 0.303. The van der Waals surface area contributed by atoms with E-state index in [-0.39, 0.29) is 17.1 Å². The van der Waals surface area contributed by atoms with E-state index in [1.807, 2.05) is 10.2 Å². The van der Waals surface area contributed by atoms with Crippen molar-refractivity contribution in [2.75, 3.05) is 0 Å². The van der Waals surface area contributed by atoms with Gasteiger partial charge in [-0.15, -0.1) is 0 Å². The van der Waals surface area contributed by atoms with Crippen molar-refractivity contribution < 1.29 is 19.2 Å². The van der Waals surface area contributed by atoms with Gasteiger partial charge in [0.2, 0.25) is 0 Å². The van der Waals surface area contributed by atoms with Crippen LogP contribution in [-0.4, -0.2) is 17.1 Å². The third kappa shape index (κ3) is 13.5. The first kappa shape index (κ1) is 9.00.